The van der Waals surface area contributed by atoms with Gasteiger partial charge in [-0.3, -0.25) is 5.41 Å². The highest BCUT2D eigenvalue weighted by molar-refractivity contribution is 5.96. The quantitative estimate of drug-likeness (QED) is 0.573. The van der Waals surface area contributed by atoms with Gasteiger partial charge in [0.05, 0.1) is 12.7 Å². The summed E-state index contributed by atoms with van der Waals surface area (Å²) in [4.78, 5) is 0. The van der Waals surface area contributed by atoms with E-state index in [1.54, 1.807) is 0 Å². The average molecular weight is 206 g/mol. The molecule has 3 N–H and O–H groups in total. The fourth-order valence-electron chi connectivity index (χ4n) is 1.26. The summed E-state index contributed by atoms with van der Waals surface area (Å²) < 4.78 is 5.62. The van der Waals surface area contributed by atoms with Gasteiger partial charge in [0.2, 0.25) is 0 Å². The molecule has 0 aliphatic carbocycles. The van der Waals surface area contributed by atoms with Gasteiger partial charge in [-0.1, -0.05) is 31.2 Å². The first-order chi connectivity index (χ1) is 7.15. The maximum atomic E-state index is 7.43. The van der Waals surface area contributed by atoms with Crippen LogP contribution in [0.5, 0.6) is 0 Å². The Morgan fingerprint density at radius 2 is 2.13 bits per heavy atom. The highest BCUT2D eigenvalue weighted by Gasteiger charge is 2.05. The van der Waals surface area contributed by atoms with Gasteiger partial charge < -0.3 is 10.5 Å². The lowest BCUT2D eigenvalue weighted by Crippen LogP contribution is -2.15. The number of ether oxygens (including phenoxy) is 1. The van der Waals surface area contributed by atoms with E-state index in [4.69, 9.17) is 15.9 Å². The van der Waals surface area contributed by atoms with Crippen LogP contribution in [0.15, 0.2) is 24.3 Å². The van der Waals surface area contributed by atoms with Crippen molar-refractivity contribution in [3.05, 3.63) is 35.4 Å². The Hall–Kier alpha value is -1.35. The fourth-order valence-corrected chi connectivity index (χ4v) is 1.26. The van der Waals surface area contributed by atoms with Crippen LogP contribution in [-0.4, -0.2) is 11.9 Å². The molecule has 0 saturated carbocycles. The predicted molar refractivity (Wildman–Crippen MR) is 62.0 cm³/mol. The van der Waals surface area contributed by atoms with E-state index < -0.39 is 0 Å². The van der Waals surface area contributed by atoms with E-state index in [2.05, 4.69) is 6.92 Å². The normalized spacial score (nSPS) is 12.4. The minimum atomic E-state index is 0.0957. The van der Waals surface area contributed by atoms with Crippen molar-refractivity contribution in [3.8, 4) is 0 Å². The Kier molecular flexibility index (Phi) is 4.31. The van der Waals surface area contributed by atoms with E-state index in [0.29, 0.717) is 6.61 Å². The number of amidine groups is 1. The molecule has 0 saturated heterocycles. The Bertz CT molecular complexity index is 336. The number of hydrogen-bond donors (Lipinski definition) is 2. The average Bonchev–Trinajstić information content (AvgIpc) is 2.26. The molecular weight excluding hydrogens is 188 g/mol. The van der Waals surface area contributed by atoms with Crippen molar-refractivity contribution in [1.82, 2.24) is 0 Å². The largest absolute Gasteiger partial charge is 0.384 e. The van der Waals surface area contributed by atoms with Gasteiger partial charge in [0.1, 0.15) is 5.84 Å². The number of benzene rings is 1. The Morgan fingerprint density at radius 1 is 1.47 bits per heavy atom. The second-order valence-electron chi connectivity index (χ2n) is 3.60. The second-order valence-corrected chi connectivity index (χ2v) is 3.60. The predicted octanol–water partition coefficient (Wildman–Crippen LogP) is 2.29. The third kappa shape index (κ3) is 3.36. The molecule has 3 heteroatoms. The molecule has 0 bridgehead atoms. The van der Waals surface area contributed by atoms with Crippen LogP contribution in [0.2, 0.25) is 0 Å². The van der Waals surface area contributed by atoms with Crippen molar-refractivity contribution in [2.45, 2.75) is 33.0 Å². The number of hydrogen-bond acceptors (Lipinski definition) is 2. The second kappa shape index (κ2) is 5.51. The van der Waals surface area contributed by atoms with Crippen molar-refractivity contribution in [2.75, 3.05) is 0 Å². The summed E-state index contributed by atoms with van der Waals surface area (Å²) in [6.07, 6.45) is 1.23. The number of nitrogens with two attached hydrogens (primary N) is 1. The molecule has 0 aromatic heterocycles. The first-order valence-electron chi connectivity index (χ1n) is 5.19. The summed E-state index contributed by atoms with van der Waals surface area (Å²) in [6, 6.07) is 7.60. The zero-order chi connectivity index (χ0) is 11.3. The SMILES string of the molecule is CCC(C)OCc1ccccc1C(=N)N. The Balaban J connectivity index is 2.72. The molecule has 0 radical (unpaired) electrons. The summed E-state index contributed by atoms with van der Waals surface area (Å²) in [5, 5.41) is 7.43. The van der Waals surface area contributed by atoms with Crippen molar-refractivity contribution < 1.29 is 4.74 Å². The van der Waals surface area contributed by atoms with Crippen molar-refractivity contribution >= 4 is 5.84 Å². The lowest BCUT2D eigenvalue weighted by Gasteiger charge is -2.12. The molecule has 1 unspecified atom stereocenters. The van der Waals surface area contributed by atoms with E-state index >= 15 is 0 Å². The first kappa shape index (κ1) is 11.7. The van der Waals surface area contributed by atoms with E-state index in [0.717, 1.165) is 17.5 Å². The van der Waals surface area contributed by atoms with Crippen molar-refractivity contribution in [3.63, 3.8) is 0 Å². The van der Waals surface area contributed by atoms with Gasteiger partial charge in [-0.05, 0) is 18.9 Å². The third-order valence-corrected chi connectivity index (χ3v) is 2.41. The maximum absolute atomic E-state index is 7.43. The lowest BCUT2D eigenvalue weighted by atomic mass is 10.1. The van der Waals surface area contributed by atoms with Gasteiger partial charge in [0.15, 0.2) is 0 Å². The molecular formula is C12H18N2O. The first-order valence-corrected chi connectivity index (χ1v) is 5.19. The van der Waals surface area contributed by atoms with Crippen molar-refractivity contribution in [1.29, 1.82) is 5.41 Å². The summed E-state index contributed by atoms with van der Waals surface area (Å²) in [7, 11) is 0. The summed E-state index contributed by atoms with van der Waals surface area (Å²) in [5.41, 5.74) is 7.22. The smallest absolute Gasteiger partial charge is 0.123 e. The Labute approximate surface area is 90.8 Å². The topological polar surface area (TPSA) is 59.1 Å². The highest BCUT2D eigenvalue weighted by atomic mass is 16.5. The fraction of sp³-hybridized carbons (Fsp3) is 0.417. The highest BCUT2D eigenvalue weighted by Crippen LogP contribution is 2.11. The third-order valence-electron chi connectivity index (χ3n) is 2.41. The number of rotatable bonds is 5. The van der Waals surface area contributed by atoms with Crippen LogP contribution in [0.25, 0.3) is 0 Å². The minimum Gasteiger partial charge on any atom is -0.384 e. The van der Waals surface area contributed by atoms with E-state index in [-0.39, 0.29) is 11.9 Å². The van der Waals surface area contributed by atoms with Gasteiger partial charge in [-0.25, -0.2) is 0 Å². The summed E-state index contributed by atoms with van der Waals surface area (Å²) in [5.74, 6) is 0.0957. The zero-order valence-electron chi connectivity index (χ0n) is 9.29. The van der Waals surface area contributed by atoms with Gasteiger partial charge in [-0.15, -0.1) is 0 Å². The van der Waals surface area contributed by atoms with Crippen LogP contribution >= 0.6 is 0 Å². The van der Waals surface area contributed by atoms with E-state index in [9.17, 15) is 0 Å². The standard InChI is InChI=1S/C12H18N2O/c1-3-9(2)15-8-10-6-4-5-7-11(10)12(13)14/h4-7,9H,3,8H2,1-2H3,(H3,13,14). The molecule has 1 atom stereocenters. The molecule has 1 rings (SSSR count). The van der Waals surface area contributed by atoms with Crippen LogP contribution in [0.4, 0.5) is 0 Å². The maximum Gasteiger partial charge on any atom is 0.123 e. The molecule has 0 spiro atoms. The molecule has 0 amide bonds. The molecule has 82 valence electrons. The summed E-state index contributed by atoms with van der Waals surface area (Å²) >= 11 is 0. The molecule has 15 heavy (non-hydrogen) atoms. The van der Waals surface area contributed by atoms with Crippen LogP contribution in [0.3, 0.4) is 0 Å². The van der Waals surface area contributed by atoms with Crippen LogP contribution in [0, 0.1) is 5.41 Å². The zero-order valence-corrected chi connectivity index (χ0v) is 9.29. The molecule has 0 aliphatic heterocycles. The minimum absolute atomic E-state index is 0.0957. The Morgan fingerprint density at radius 3 is 2.73 bits per heavy atom. The number of nitrogens with one attached hydrogen (secondary N) is 1. The van der Waals surface area contributed by atoms with Gasteiger partial charge in [0.25, 0.3) is 0 Å². The van der Waals surface area contributed by atoms with E-state index in [1.165, 1.54) is 0 Å². The number of nitrogen functional groups attached to an aromatic ring is 1. The molecule has 1 aromatic rings. The molecule has 0 fully saturated rings. The molecule has 0 heterocycles. The molecule has 0 aliphatic rings. The van der Waals surface area contributed by atoms with Gasteiger partial charge in [-0.2, -0.15) is 0 Å². The lowest BCUT2D eigenvalue weighted by molar-refractivity contribution is 0.0508. The van der Waals surface area contributed by atoms with Gasteiger partial charge >= 0.3 is 0 Å². The van der Waals surface area contributed by atoms with E-state index in [1.807, 2.05) is 31.2 Å². The molecule has 1 aromatic carbocycles. The summed E-state index contributed by atoms with van der Waals surface area (Å²) in [6.45, 7) is 4.64. The van der Waals surface area contributed by atoms with Crippen molar-refractivity contribution in [2.24, 2.45) is 5.73 Å². The van der Waals surface area contributed by atoms with Crippen LogP contribution < -0.4 is 5.73 Å². The molecule has 3 nitrogen and oxygen atoms in total. The van der Waals surface area contributed by atoms with Crippen LogP contribution in [-0.2, 0) is 11.3 Å². The van der Waals surface area contributed by atoms with Gasteiger partial charge in [0, 0.05) is 5.56 Å². The van der Waals surface area contributed by atoms with Crippen LogP contribution in [0.1, 0.15) is 31.4 Å². The monoisotopic (exact) mass is 206 g/mol.